The van der Waals surface area contributed by atoms with E-state index in [9.17, 15) is 0 Å². The second-order valence-corrected chi connectivity index (χ2v) is 6.40. The zero-order valence-corrected chi connectivity index (χ0v) is 12.3. The molecule has 0 aliphatic carbocycles. The van der Waals surface area contributed by atoms with E-state index in [2.05, 4.69) is 38.0 Å². The molecular formula is C12H22N2S2. The Morgan fingerprint density at radius 2 is 2.19 bits per heavy atom. The van der Waals surface area contributed by atoms with Gasteiger partial charge in [-0.25, -0.2) is 4.98 Å². The molecule has 0 spiro atoms. The molecule has 0 radical (unpaired) electrons. The van der Waals surface area contributed by atoms with Crippen LogP contribution in [0.2, 0.25) is 0 Å². The van der Waals surface area contributed by atoms with Gasteiger partial charge in [0.2, 0.25) is 0 Å². The summed E-state index contributed by atoms with van der Waals surface area (Å²) in [6, 6.07) is 0.580. The molecule has 1 aromatic heterocycles. The van der Waals surface area contributed by atoms with Crippen molar-refractivity contribution in [2.24, 2.45) is 0 Å². The third-order valence-electron chi connectivity index (χ3n) is 2.42. The Morgan fingerprint density at radius 1 is 1.44 bits per heavy atom. The lowest BCUT2D eigenvalue weighted by molar-refractivity contribution is 0.598. The van der Waals surface area contributed by atoms with Crippen LogP contribution in [0.1, 0.15) is 36.3 Å². The van der Waals surface area contributed by atoms with Gasteiger partial charge in [-0.1, -0.05) is 13.8 Å². The van der Waals surface area contributed by atoms with E-state index >= 15 is 0 Å². The molecule has 0 fully saturated rings. The molecule has 1 unspecified atom stereocenters. The van der Waals surface area contributed by atoms with Crippen molar-refractivity contribution in [3.8, 4) is 0 Å². The Morgan fingerprint density at radius 3 is 2.75 bits per heavy atom. The number of nitrogens with zero attached hydrogens (tertiary/aromatic N) is 1. The van der Waals surface area contributed by atoms with Crippen LogP contribution in [0, 0.1) is 6.92 Å². The van der Waals surface area contributed by atoms with E-state index in [-0.39, 0.29) is 0 Å². The fourth-order valence-corrected chi connectivity index (χ4v) is 3.09. The topological polar surface area (TPSA) is 24.9 Å². The van der Waals surface area contributed by atoms with Crippen LogP contribution < -0.4 is 5.32 Å². The maximum atomic E-state index is 4.54. The number of aryl methyl sites for hydroxylation is 2. The summed E-state index contributed by atoms with van der Waals surface area (Å²) in [6.45, 7) is 9.70. The van der Waals surface area contributed by atoms with E-state index in [4.69, 9.17) is 0 Å². The molecule has 1 atom stereocenters. The minimum atomic E-state index is 0.580. The summed E-state index contributed by atoms with van der Waals surface area (Å²) in [5.74, 6) is 2.39. The Hall–Kier alpha value is -0.0600. The van der Waals surface area contributed by atoms with Crippen LogP contribution in [-0.2, 0) is 13.0 Å². The molecular weight excluding hydrogens is 236 g/mol. The second-order valence-electron chi connectivity index (χ2n) is 3.91. The first kappa shape index (κ1) is 14.0. The van der Waals surface area contributed by atoms with Crippen LogP contribution in [0.15, 0.2) is 0 Å². The van der Waals surface area contributed by atoms with Crippen LogP contribution in [0.5, 0.6) is 0 Å². The van der Waals surface area contributed by atoms with Crippen LogP contribution >= 0.6 is 23.1 Å². The lowest BCUT2D eigenvalue weighted by Crippen LogP contribution is -2.27. The second kappa shape index (κ2) is 7.30. The van der Waals surface area contributed by atoms with Crippen molar-refractivity contribution < 1.29 is 0 Å². The number of aromatic nitrogens is 1. The van der Waals surface area contributed by atoms with Crippen LogP contribution in [0.4, 0.5) is 0 Å². The van der Waals surface area contributed by atoms with Gasteiger partial charge in [-0.3, -0.25) is 0 Å². The third-order valence-corrected chi connectivity index (χ3v) is 4.87. The lowest BCUT2D eigenvalue weighted by atomic mass is 10.3. The van der Waals surface area contributed by atoms with E-state index in [0.717, 1.165) is 13.0 Å². The van der Waals surface area contributed by atoms with Gasteiger partial charge in [-0.2, -0.15) is 11.8 Å². The number of hydrogen-bond donors (Lipinski definition) is 1. The van der Waals surface area contributed by atoms with E-state index in [0.29, 0.717) is 6.04 Å². The van der Waals surface area contributed by atoms with Gasteiger partial charge in [0.25, 0.3) is 0 Å². The van der Waals surface area contributed by atoms with Gasteiger partial charge in [0, 0.05) is 23.2 Å². The van der Waals surface area contributed by atoms with Crippen molar-refractivity contribution >= 4 is 23.1 Å². The zero-order chi connectivity index (χ0) is 12.0. The summed E-state index contributed by atoms with van der Waals surface area (Å²) in [6.07, 6.45) is 1.05. The smallest absolute Gasteiger partial charge is 0.0928 e. The summed E-state index contributed by atoms with van der Waals surface area (Å²) in [4.78, 5) is 5.94. The lowest BCUT2D eigenvalue weighted by Gasteiger charge is -2.12. The third kappa shape index (κ3) is 4.44. The fourth-order valence-electron chi connectivity index (χ4n) is 1.42. The maximum absolute atomic E-state index is 4.54. The zero-order valence-electron chi connectivity index (χ0n) is 10.7. The van der Waals surface area contributed by atoms with Gasteiger partial charge in [-0.05, 0) is 26.0 Å². The molecule has 16 heavy (non-hydrogen) atoms. The summed E-state index contributed by atoms with van der Waals surface area (Å²) in [7, 11) is 0. The minimum Gasteiger partial charge on any atom is -0.308 e. The van der Waals surface area contributed by atoms with Crippen molar-refractivity contribution in [1.82, 2.24) is 10.3 Å². The molecule has 0 aliphatic heterocycles. The van der Waals surface area contributed by atoms with E-state index in [1.165, 1.54) is 27.1 Å². The summed E-state index contributed by atoms with van der Waals surface area (Å²) in [5.41, 5.74) is 1.20. The van der Waals surface area contributed by atoms with Gasteiger partial charge < -0.3 is 5.32 Å². The molecule has 0 saturated heterocycles. The molecule has 1 aromatic rings. The number of rotatable bonds is 7. The van der Waals surface area contributed by atoms with Crippen molar-refractivity contribution in [3.05, 3.63) is 15.6 Å². The highest BCUT2D eigenvalue weighted by Crippen LogP contribution is 2.18. The van der Waals surface area contributed by atoms with Crippen LogP contribution in [0.25, 0.3) is 0 Å². The van der Waals surface area contributed by atoms with Crippen LogP contribution in [-0.4, -0.2) is 22.5 Å². The Kier molecular flexibility index (Phi) is 6.39. The molecule has 2 nitrogen and oxygen atoms in total. The molecule has 0 bridgehead atoms. The molecule has 1 heterocycles. The molecule has 0 saturated carbocycles. The Labute approximate surface area is 107 Å². The van der Waals surface area contributed by atoms with Gasteiger partial charge in [0.05, 0.1) is 10.7 Å². The van der Waals surface area contributed by atoms with Gasteiger partial charge in [0.15, 0.2) is 0 Å². The Balaban J connectivity index is 2.38. The minimum absolute atomic E-state index is 0.580. The quantitative estimate of drug-likeness (QED) is 0.812. The van der Waals surface area contributed by atoms with Gasteiger partial charge >= 0.3 is 0 Å². The fraction of sp³-hybridized carbons (Fsp3) is 0.750. The van der Waals surface area contributed by atoms with Crippen molar-refractivity contribution in [3.63, 3.8) is 0 Å². The largest absolute Gasteiger partial charge is 0.308 e. The highest BCUT2D eigenvalue weighted by Gasteiger charge is 2.07. The van der Waals surface area contributed by atoms with E-state index in [1.807, 2.05) is 23.1 Å². The normalized spacial score (nSPS) is 13.0. The molecule has 0 aromatic carbocycles. The number of thioether (sulfide) groups is 1. The first-order chi connectivity index (χ1) is 7.67. The summed E-state index contributed by atoms with van der Waals surface area (Å²) in [5, 5.41) is 4.82. The van der Waals surface area contributed by atoms with E-state index < -0.39 is 0 Å². The predicted octanol–water partition coefficient (Wildman–Crippen LogP) is 3.25. The molecule has 1 rings (SSSR count). The van der Waals surface area contributed by atoms with Crippen molar-refractivity contribution in [1.29, 1.82) is 0 Å². The average Bonchev–Trinajstić information content (AvgIpc) is 2.64. The molecule has 1 N–H and O–H groups in total. The van der Waals surface area contributed by atoms with Crippen LogP contribution in [0.3, 0.4) is 0 Å². The van der Waals surface area contributed by atoms with Gasteiger partial charge in [0.1, 0.15) is 0 Å². The number of thiazole rings is 1. The number of nitrogens with one attached hydrogen (secondary N) is 1. The summed E-state index contributed by atoms with van der Waals surface area (Å²) >= 11 is 3.84. The highest BCUT2D eigenvalue weighted by molar-refractivity contribution is 7.99. The van der Waals surface area contributed by atoms with Crippen molar-refractivity contribution in [2.45, 2.75) is 46.7 Å². The van der Waals surface area contributed by atoms with E-state index in [1.54, 1.807) is 0 Å². The molecule has 4 heteroatoms. The predicted molar refractivity (Wildman–Crippen MR) is 75.5 cm³/mol. The molecule has 0 amide bonds. The monoisotopic (exact) mass is 258 g/mol. The first-order valence-electron chi connectivity index (χ1n) is 5.93. The molecule has 0 aliphatic rings. The first-order valence-corrected chi connectivity index (χ1v) is 7.90. The van der Waals surface area contributed by atoms with Crippen molar-refractivity contribution in [2.75, 3.05) is 11.5 Å². The number of hydrogen-bond acceptors (Lipinski definition) is 4. The average molecular weight is 258 g/mol. The maximum Gasteiger partial charge on any atom is 0.0928 e. The van der Waals surface area contributed by atoms with Gasteiger partial charge in [-0.15, -0.1) is 11.3 Å². The summed E-state index contributed by atoms with van der Waals surface area (Å²) < 4.78 is 0. The Bertz CT molecular complexity index is 310. The highest BCUT2D eigenvalue weighted by atomic mass is 32.2. The standard InChI is InChI=1S/C12H22N2S2/c1-5-12-14-10(4)11(16-12)7-13-9(3)8-15-6-2/h9,13H,5-8H2,1-4H3. The molecule has 92 valence electrons. The SMILES string of the molecule is CCSCC(C)NCc1sc(CC)nc1C.